The van der Waals surface area contributed by atoms with E-state index in [1.54, 1.807) is 12.1 Å². The maximum atomic E-state index is 13.0. The third-order valence-corrected chi connectivity index (χ3v) is 3.08. The third kappa shape index (κ3) is 3.78. The normalized spacial score (nSPS) is 12.2. The topological polar surface area (TPSA) is 35.2 Å². The molecule has 0 aromatic heterocycles. The lowest BCUT2D eigenvalue weighted by Gasteiger charge is -2.11. The van der Waals surface area contributed by atoms with Crippen LogP contribution in [0.15, 0.2) is 42.5 Å². The zero-order valence-corrected chi connectivity index (χ0v) is 11.3. The predicted molar refractivity (Wildman–Crippen MR) is 74.4 cm³/mol. The highest BCUT2D eigenvalue weighted by molar-refractivity contribution is 5.29. The third-order valence-electron chi connectivity index (χ3n) is 3.08. The Hall–Kier alpha value is -1.94. The van der Waals surface area contributed by atoms with Crippen molar-refractivity contribution in [1.29, 1.82) is 0 Å². The Bertz CT molecular complexity index is 549. The van der Waals surface area contributed by atoms with E-state index in [1.165, 1.54) is 12.1 Å². The zero-order chi connectivity index (χ0) is 14.5. The summed E-state index contributed by atoms with van der Waals surface area (Å²) in [6.45, 7) is 2.14. The standard InChI is InChI=1S/C16H17F2NO/c1-2-16(19)12-3-5-15(6-4-12)20-10-11-7-13(17)9-14(18)8-11/h3-9,16H,2,10,19H2,1H3/t16-/m1/s1. The van der Waals surface area contributed by atoms with Gasteiger partial charge in [0.1, 0.15) is 24.0 Å². The van der Waals surface area contributed by atoms with Gasteiger partial charge in [-0.1, -0.05) is 19.1 Å². The monoisotopic (exact) mass is 277 g/mol. The van der Waals surface area contributed by atoms with Crippen molar-refractivity contribution < 1.29 is 13.5 Å². The molecule has 0 aliphatic rings. The van der Waals surface area contributed by atoms with Gasteiger partial charge in [0.2, 0.25) is 0 Å². The summed E-state index contributed by atoms with van der Waals surface area (Å²) in [6.07, 6.45) is 0.864. The SMILES string of the molecule is CC[C@@H](N)c1ccc(OCc2cc(F)cc(F)c2)cc1. The highest BCUT2D eigenvalue weighted by atomic mass is 19.1. The van der Waals surface area contributed by atoms with Crippen molar-refractivity contribution in [2.75, 3.05) is 0 Å². The molecule has 2 aromatic carbocycles. The second-order valence-corrected chi connectivity index (χ2v) is 4.65. The van der Waals surface area contributed by atoms with Gasteiger partial charge in [-0.15, -0.1) is 0 Å². The summed E-state index contributed by atoms with van der Waals surface area (Å²) in [5.41, 5.74) is 7.41. The minimum absolute atomic E-state index is 0.0152. The molecule has 0 radical (unpaired) electrons. The van der Waals surface area contributed by atoms with Gasteiger partial charge in [0, 0.05) is 12.1 Å². The predicted octanol–water partition coefficient (Wildman–Crippen LogP) is 3.95. The molecule has 0 saturated carbocycles. The molecule has 0 amide bonds. The van der Waals surface area contributed by atoms with Crippen LogP contribution < -0.4 is 10.5 Å². The van der Waals surface area contributed by atoms with E-state index in [1.807, 2.05) is 19.1 Å². The van der Waals surface area contributed by atoms with Crippen molar-refractivity contribution in [2.45, 2.75) is 26.0 Å². The minimum Gasteiger partial charge on any atom is -0.489 e. The van der Waals surface area contributed by atoms with Crippen LogP contribution in [-0.4, -0.2) is 0 Å². The second kappa shape index (κ2) is 6.48. The highest BCUT2D eigenvalue weighted by Crippen LogP contribution is 2.19. The number of halogens is 2. The van der Waals surface area contributed by atoms with Crippen LogP contribution in [0, 0.1) is 11.6 Å². The molecule has 2 rings (SSSR count). The quantitative estimate of drug-likeness (QED) is 0.898. The Labute approximate surface area is 117 Å². The number of hydrogen-bond donors (Lipinski definition) is 1. The van der Waals surface area contributed by atoms with Crippen LogP contribution in [-0.2, 0) is 6.61 Å². The molecule has 0 heterocycles. The van der Waals surface area contributed by atoms with E-state index in [-0.39, 0.29) is 12.6 Å². The Kier molecular flexibility index (Phi) is 4.69. The average molecular weight is 277 g/mol. The summed E-state index contributed by atoms with van der Waals surface area (Å²) in [7, 11) is 0. The van der Waals surface area contributed by atoms with Crippen molar-refractivity contribution >= 4 is 0 Å². The first-order valence-corrected chi connectivity index (χ1v) is 6.52. The zero-order valence-electron chi connectivity index (χ0n) is 11.3. The fourth-order valence-corrected chi connectivity index (χ4v) is 1.91. The van der Waals surface area contributed by atoms with E-state index in [9.17, 15) is 8.78 Å². The number of nitrogens with two attached hydrogens (primary N) is 1. The van der Waals surface area contributed by atoms with E-state index in [0.29, 0.717) is 11.3 Å². The summed E-state index contributed by atoms with van der Waals surface area (Å²) in [6, 6.07) is 10.8. The van der Waals surface area contributed by atoms with Crippen molar-refractivity contribution in [3.05, 3.63) is 65.2 Å². The number of rotatable bonds is 5. The summed E-state index contributed by atoms with van der Waals surface area (Å²) in [4.78, 5) is 0. The molecule has 2 aromatic rings. The molecule has 2 nitrogen and oxygen atoms in total. The van der Waals surface area contributed by atoms with Gasteiger partial charge in [-0.05, 0) is 41.8 Å². The van der Waals surface area contributed by atoms with Gasteiger partial charge in [0.25, 0.3) is 0 Å². The van der Waals surface area contributed by atoms with Crippen LogP contribution in [0.1, 0.15) is 30.5 Å². The van der Waals surface area contributed by atoms with Gasteiger partial charge in [-0.3, -0.25) is 0 Å². The molecule has 106 valence electrons. The van der Waals surface area contributed by atoms with E-state index >= 15 is 0 Å². The maximum absolute atomic E-state index is 13.0. The van der Waals surface area contributed by atoms with E-state index < -0.39 is 11.6 Å². The van der Waals surface area contributed by atoms with Crippen molar-refractivity contribution in [3.8, 4) is 5.75 Å². The molecule has 20 heavy (non-hydrogen) atoms. The highest BCUT2D eigenvalue weighted by Gasteiger charge is 2.04. The second-order valence-electron chi connectivity index (χ2n) is 4.65. The molecule has 0 spiro atoms. The molecule has 0 aliphatic heterocycles. The van der Waals surface area contributed by atoms with Crippen LogP contribution in [0.25, 0.3) is 0 Å². The fourth-order valence-electron chi connectivity index (χ4n) is 1.91. The molecular weight excluding hydrogens is 260 g/mol. The van der Waals surface area contributed by atoms with Crippen molar-refractivity contribution in [1.82, 2.24) is 0 Å². The van der Waals surface area contributed by atoms with Crippen LogP contribution in [0.5, 0.6) is 5.75 Å². The minimum atomic E-state index is -0.604. The van der Waals surface area contributed by atoms with E-state index in [4.69, 9.17) is 10.5 Å². The molecule has 2 N–H and O–H groups in total. The number of hydrogen-bond acceptors (Lipinski definition) is 2. The first-order valence-electron chi connectivity index (χ1n) is 6.52. The first kappa shape index (κ1) is 14.5. The molecule has 0 bridgehead atoms. The summed E-state index contributed by atoms with van der Waals surface area (Å²) < 4.78 is 31.5. The average Bonchev–Trinajstić information content (AvgIpc) is 2.44. The number of ether oxygens (including phenoxy) is 1. The van der Waals surface area contributed by atoms with Crippen LogP contribution >= 0.6 is 0 Å². The van der Waals surface area contributed by atoms with Gasteiger partial charge in [0.15, 0.2) is 0 Å². The molecule has 0 fully saturated rings. The van der Waals surface area contributed by atoms with Gasteiger partial charge in [-0.2, -0.15) is 0 Å². The Morgan fingerprint density at radius 2 is 1.65 bits per heavy atom. The molecule has 0 aliphatic carbocycles. The lowest BCUT2D eigenvalue weighted by Crippen LogP contribution is -2.08. The summed E-state index contributed by atoms with van der Waals surface area (Å²) in [5, 5.41) is 0. The van der Waals surface area contributed by atoms with E-state index in [0.717, 1.165) is 18.1 Å². The lowest BCUT2D eigenvalue weighted by molar-refractivity contribution is 0.304. The number of benzene rings is 2. The molecule has 0 saturated heterocycles. The summed E-state index contributed by atoms with van der Waals surface area (Å²) >= 11 is 0. The largest absolute Gasteiger partial charge is 0.489 e. The van der Waals surface area contributed by atoms with Crippen molar-refractivity contribution in [2.24, 2.45) is 5.73 Å². The van der Waals surface area contributed by atoms with Gasteiger partial charge in [-0.25, -0.2) is 8.78 Å². The molecule has 1 atom stereocenters. The van der Waals surface area contributed by atoms with Gasteiger partial charge >= 0.3 is 0 Å². The van der Waals surface area contributed by atoms with Gasteiger partial charge < -0.3 is 10.5 Å². The molecule has 0 unspecified atom stereocenters. The maximum Gasteiger partial charge on any atom is 0.126 e. The molecular formula is C16H17F2NO. The fraction of sp³-hybridized carbons (Fsp3) is 0.250. The van der Waals surface area contributed by atoms with Crippen molar-refractivity contribution in [3.63, 3.8) is 0 Å². The van der Waals surface area contributed by atoms with Crippen LogP contribution in [0.2, 0.25) is 0 Å². The van der Waals surface area contributed by atoms with Gasteiger partial charge in [0.05, 0.1) is 0 Å². The molecule has 4 heteroatoms. The van der Waals surface area contributed by atoms with E-state index in [2.05, 4.69) is 0 Å². The van der Waals surface area contributed by atoms with Crippen LogP contribution in [0.4, 0.5) is 8.78 Å². The Balaban J connectivity index is 2.00. The Morgan fingerprint density at radius 3 is 2.20 bits per heavy atom. The lowest BCUT2D eigenvalue weighted by atomic mass is 10.1. The first-order chi connectivity index (χ1) is 9.58. The summed E-state index contributed by atoms with van der Waals surface area (Å²) in [5.74, 6) is -0.567. The van der Waals surface area contributed by atoms with Crippen LogP contribution in [0.3, 0.4) is 0 Å². The smallest absolute Gasteiger partial charge is 0.126 e. The Morgan fingerprint density at radius 1 is 1.05 bits per heavy atom.